The Labute approximate surface area is 265 Å². The first kappa shape index (κ1) is 32.6. The van der Waals surface area contributed by atoms with Crippen molar-refractivity contribution in [1.29, 1.82) is 0 Å². The van der Waals surface area contributed by atoms with Gasteiger partial charge in [0, 0.05) is 43.7 Å². The number of aromatic nitrogens is 1. The summed E-state index contributed by atoms with van der Waals surface area (Å²) in [6, 6.07) is 8.01. The van der Waals surface area contributed by atoms with Crippen molar-refractivity contribution in [3.05, 3.63) is 81.3 Å². The summed E-state index contributed by atoms with van der Waals surface area (Å²) in [4.78, 5) is 38.2. The van der Waals surface area contributed by atoms with Gasteiger partial charge in [-0.2, -0.15) is 0 Å². The average molecular weight is 642 g/mol. The van der Waals surface area contributed by atoms with E-state index in [0.717, 1.165) is 0 Å². The van der Waals surface area contributed by atoms with Gasteiger partial charge in [-0.05, 0) is 69.0 Å². The van der Waals surface area contributed by atoms with Gasteiger partial charge in [0.25, 0.3) is 0 Å². The summed E-state index contributed by atoms with van der Waals surface area (Å²) in [5.41, 5.74) is 0.155. The van der Waals surface area contributed by atoms with Gasteiger partial charge in [-0.3, -0.25) is 14.6 Å². The Balaban J connectivity index is 1.46. The normalized spacial score (nSPS) is 25.3. The van der Waals surface area contributed by atoms with Crippen LogP contribution in [0.1, 0.15) is 48.0 Å². The number of carbonyl (C=O) groups excluding carboxylic acids is 2. The summed E-state index contributed by atoms with van der Waals surface area (Å²) < 4.78 is 51.1. The number of piperidine rings is 1. The average Bonchev–Trinajstić information content (AvgIpc) is 3.54. The number of aryl methyl sites for hydroxylation is 1. The molecule has 2 aliphatic rings. The van der Waals surface area contributed by atoms with E-state index in [-0.39, 0.29) is 31.8 Å². The Morgan fingerprint density at radius 3 is 2.73 bits per heavy atom. The first-order valence-electron chi connectivity index (χ1n) is 15.1. The topological polar surface area (TPSA) is 87.1 Å². The van der Waals surface area contributed by atoms with E-state index in [1.807, 2.05) is 10.3 Å². The molecule has 1 aromatic heterocycles. The number of amidine groups is 1. The highest BCUT2D eigenvalue weighted by Crippen LogP contribution is 2.38. The van der Waals surface area contributed by atoms with E-state index in [9.17, 15) is 18.4 Å². The molecule has 0 aliphatic carbocycles. The number of thiazole rings is 1. The van der Waals surface area contributed by atoms with Gasteiger partial charge in [0.1, 0.15) is 23.2 Å². The number of hydrogen-bond donors (Lipinski definition) is 1. The van der Waals surface area contributed by atoms with Crippen LogP contribution in [-0.2, 0) is 14.3 Å². The second-order valence-corrected chi connectivity index (χ2v) is 12.8. The number of nitrogens with zero attached hydrogens (tertiary/aromatic N) is 4. The molecule has 8 nitrogen and oxygen atoms in total. The molecule has 5 rings (SSSR count). The molecule has 1 N–H and O–H groups in total. The van der Waals surface area contributed by atoms with Crippen molar-refractivity contribution in [2.45, 2.75) is 51.9 Å². The predicted molar refractivity (Wildman–Crippen MR) is 168 cm³/mol. The molecule has 1 amide bonds. The van der Waals surface area contributed by atoms with Crippen molar-refractivity contribution in [3.8, 4) is 0 Å². The van der Waals surface area contributed by atoms with Crippen LogP contribution in [0.5, 0.6) is 0 Å². The largest absolute Gasteiger partial charge is 0.466 e. The Morgan fingerprint density at radius 1 is 1.24 bits per heavy atom. The SMILES string of the molecule is CCOC(=O)C1C(CN2CCC(C)(F)C(CN(C=O)c3ccc(C)cc3F)C2)NC(c2nccs2)=N[C@H]1c1cccc(F)c1C. The number of nitrogens with one attached hydrogen (secondary N) is 1. The number of hydrogen-bond acceptors (Lipinski definition) is 8. The zero-order chi connectivity index (χ0) is 32.3. The van der Waals surface area contributed by atoms with Crippen LogP contribution in [0, 0.1) is 37.3 Å². The lowest BCUT2D eigenvalue weighted by Crippen LogP contribution is -2.59. The Hall–Kier alpha value is -3.77. The van der Waals surface area contributed by atoms with Gasteiger partial charge in [0.2, 0.25) is 6.41 Å². The van der Waals surface area contributed by atoms with Crippen LogP contribution in [0.2, 0.25) is 0 Å². The molecule has 1 fully saturated rings. The maximum absolute atomic E-state index is 16.0. The number of esters is 1. The third-order valence-corrected chi connectivity index (χ3v) is 9.62. The van der Waals surface area contributed by atoms with Crippen molar-refractivity contribution in [3.63, 3.8) is 0 Å². The number of rotatable bonds is 10. The Kier molecular flexibility index (Phi) is 9.93. The first-order chi connectivity index (χ1) is 21.5. The highest BCUT2D eigenvalue weighted by atomic mass is 32.1. The van der Waals surface area contributed by atoms with E-state index in [1.54, 1.807) is 45.2 Å². The van der Waals surface area contributed by atoms with Crippen LogP contribution < -0.4 is 10.2 Å². The molecule has 3 aromatic rings. The highest BCUT2D eigenvalue weighted by Gasteiger charge is 2.46. The summed E-state index contributed by atoms with van der Waals surface area (Å²) >= 11 is 1.38. The van der Waals surface area contributed by atoms with E-state index in [4.69, 9.17) is 9.73 Å². The van der Waals surface area contributed by atoms with Crippen LogP contribution in [0.15, 0.2) is 53.0 Å². The van der Waals surface area contributed by atoms with Gasteiger partial charge in [0.15, 0.2) is 10.8 Å². The minimum Gasteiger partial charge on any atom is -0.466 e. The standard InChI is InChI=1S/C33H38F3N5O3S/c1-5-44-32(43)28-26(38-30(31-37-12-14-45-31)39-29(28)23-7-6-8-24(34)21(23)3)18-40-13-11-33(4,36)22(16-40)17-41(19-42)27-10-9-20(2)15-25(27)35/h6-10,12,14-15,19,22,26,28-29H,5,11,13,16-18H2,1-4H3,(H,38,39)/t22?,26?,28?,29-,33?/m0/s1. The second-order valence-electron chi connectivity index (χ2n) is 11.9. The molecular formula is C33H38F3N5O3S. The fraction of sp³-hybridized carbons (Fsp3) is 0.455. The highest BCUT2D eigenvalue weighted by molar-refractivity contribution is 7.11. The maximum Gasteiger partial charge on any atom is 0.313 e. The molecule has 5 atom stereocenters. The molecule has 2 aliphatic heterocycles. The number of alkyl halides is 1. The van der Waals surface area contributed by atoms with Crippen molar-refractivity contribution in [2.24, 2.45) is 16.8 Å². The number of likely N-dealkylation sites (tertiary alicyclic amines) is 1. The van der Waals surface area contributed by atoms with E-state index in [2.05, 4.69) is 10.3 Å². The lowest BCUT2D eigenvalue weighted by atomic mass is 9.81. The second kappa shape index (κ2) is 13.7. The molecule has 0 spiro atoms. The summed E-state index contributed by atoms with van der Waals surface area (Å²) in [6.07, 6.45) is 2.37. The molecule has 45 heavy (non-hydrogen) atoms. The molecular weight excluding hydrogens is 603 g/mol. The van der Waals surface area contributed by atoms with Crippen LogP contribution in [0.4, 0.5) is 18.9 Å². The third kappa shape index (κ3) is 7.06. The van der Waals surface area contributed by atoms with Crippen LogP contribution in [0.3, 0.4) is 0 Å². The van der Waals surface area contributed by atoms with Gasteiger partial charge in [-0.25, -0.2) is 18.2 Å². The third-order valence-electron chi connectivity index (χ3n) is 8.84. The van der Waals surface area contributed by atoms with Gasteiger partial charge in [-0.15, -0.1) is 11.3 Å². The van der Waals surface area contributed by atoms with Crippen LogP contribution in [-0.4, -0.2) is 72.6 Å². The van der Waals surface area contributed by atoms with E-state index in [0.29, 0.717) is 47.0 Å². The summed E-state index contributed by atoms with van der Waals surface area (Å²) in [6.45, 7) is 7.75. The monoisotopic (exact) mass is 641 g/mol. The smallest absolute Gasteiger partial charge is 0.313 e. The number of carbonyl (C=O) groups is 2. The minimum absolute atomic E-state index is 0.0245. The molecule has 0 radical (unpaired) electrons. The van der Waals surface area contributed by atoms with Crippen molar-refractivity contribution in [1.82, 2.24) is 15.2 Å². The molecule has 1 saturated heterocycles. The number of ether oxygens (including phenoxy) is 1. The molecule has 240 valence electrons. The summed E-state index contributed by atoms with van der Waals surface area (Å²) in [5, 5.41) is 5.85. The quantitative estimate of drug-likeness (QED) is 0.236. The Bertz CT molecular complexity index is 1550. The summed E-state index contributed by atoms with van der Waals surface area (Å²) in [5.74, 6) is -2.41. The molecule has 0 saturated carbocycles. The fourth-order valence-corrected chi connectivity index (χ4v) is 6.84. The zero-order valence-electron chi connectivity index (χ0n) is 25.8. The molecule has 0 bridgehead atoms. The lowest BCUT2D eigenvalue weighted by molar-refractivity contribution is -0.150. The van der Waals surface area contributed by atoms with Crippen LogP contribution in [0.25, 0.3) is 0 Å². The molecule has 4 unspecified atom stereocenters. The predicted octanol–water partition coefficient (Wildman–Crippen LogP) is 5.39. The van der Waals surface area contributed by atoms with Gasteiger partial charge in [0.05, 0.1) is 24.4 Å². The van der Waals surface area contributed by atoms with Crippen LogP contribution >= 0.6 is 11.3 Å². The maximum atomic E-state index is 16.0. The fourth-order valence-electron chi connectivity index (χ4n) is 6.24. The summed E-state index contributed by atoms with van der Waals surface area (Å²) in [7, 11) is 0. The number of aliphatic imine (C=N–C) groups is 1. The number of anilines is 1. The lowest BCUT2D eigenvalue weighted by Gasteiger charge is -2.45. The van der Waals surface area contributed by atoms with Crippen molar-refractivity contribution >= 4 is 35.2 Å². The number of halogens is 3. The first-order valence-corrected chi connectivity index (χ1v) is 16.0. The molecule has 12 heteroatoms. The van der Waals surface area contributed by atoms with Crippen molar-refractivity contribution < 1.29 is 27.5 Å². The van der Waals surface area contributed by atoms with E-state index in [1.165, 1.54) is 41.4 Å². The molecule has 2 aromatic carbocycles. The van der Waals surface area contributed by atoms with Crippen molar-refractivity contribution in [2.75, 3.05) is 37.7 Å². The van der Waals surface area contributed by atoms with E-state index >= 15 is 4.39 Å². The van der Waals surface area contributed by atoms with Gasteiger partial charge < -0.3 is 19.9 Å². The van der Waals surface area contributed by atoms with Gasteiger partial charge >= 0.3 is 5.97 Å². The minimum atomic E-state index is -1.62. The zero-order valence-corrected chi connectivity index (χ0v) is 26.6. The number of benzene rings is 2. The van der Waals surface area contributed by atoms with E-state index < -0.39 is 47.2 Å². The number of amides is 1. The Morgan fingerprint density at radius 2 is 2.04 bits per heavy atom. The molecule has 3 heterocycles. The van der Waals surface area contributed by atoms with Gasteiger partial charge in [-0.1, -0.05) is 18.2 Å².